The molecule has 0 spiro atoms. The molecule has 0 fully saturated rings. The minimum absolute atomic E-state index is 0.0335. The zero-order valence-electron chi connectivity index (χ0n) is 12.9. The summed E-state index contributed by atoms with van der Waals surface area (Å²) in [6.45, 7) is 7.21. The fourth-order valence-electron chi connectivity index (χ4n) is 2.05. The van der Waals surface area contributed by atoms with E-state index in [0.717, 1.165) is 19.3 Å². The monoisotopic (exact) mass is 282 g/mol. The molecule has 1 aliphatic rings. The summed E-state index contributed by atoms with van der Waals surface area (Å²) in [6, 6.07) is -0.0230. The Morgan fingerprint density at radius 2 is 2.05 bits per heavy atom. The van der Waals surface area contributed by atoms with Gasteiger partial charge in [-0.3, -0.25) is 4.79 Å². The van der Waals surface area contributed by atoms with E-state index >= 15 is 0 Å². The average molecular weight is 282 g/mol. The Morgan fingerprint density at radius 1 is 1.35 bits per heavy atom. The van der Waals surface area contributed by atoms with Gasteiger partial charge in [-0.25, -0.2) is 4.79 Å². The SMILES string of the molecule is C[C@@H](CC(=O)N[C@H]1CC=CCC1)NC(=O)OC(C)(C)C. The highest BCUT2D eigenvalue weighted by Crippen LogP contribution is 2.11. The minimum Gasteiger partial charge on any atom is -0.444 e. The van der Waals surface area contributed by atoms with Crippen LogP contribution in [0.25, 0.3) is 0 Å². The van der Waals surface area contributed by atoms with Crippen molar-refractivity contribution in [3.8, 4) is 0 Å². The normalized spacial score (nSPS) is 20.1. The lowest BCUT2D eigenvalue weighted by atomic mass is 10.0. The lowest BCUT2D eigenvalue weighted by molar-refractivity contribution is -0.122. The topological polar surface area (TPSA) is 67.4 Å². The van der Waals surface area contributed by atoms with E-state index in [-0.39, 0.29) is 24.4 Å². The van der Waals surface area contributed by atoms with Crippen molar-refractivity contribution < 1.29 is 14.3 Å². The number of hydrogen-bond donors (Lipinski definition) is 2. The third-order valence-electron chi connectivity index (χ3n) is 2.89. The maximum Gasteiger partial charge on any atom is 0.407 e. The van der Waals surface area contributed by atoms with Crippen LogP contribution in [0.15, 0.2) is 12.2 Å². The van der Waals surface area contributed by atoms with Crippen LogP contribution in [0.1, 0.15) is 53.4 Å². The summed E-state index contributed by atoms with van der Waals surface area (Å²) in [6.07, 6.45) is 6.89. The van der Waals surface area contributed by atoms with Crippen LogP contribution in [-0.2, 0) is 9.53 Å². The standard InChI is InChI=1S/C15H26N2O3/c1-11(16-14(19)20-15(2,3)4)10-13(18)17-12-8-6-5-7-9-12/h5-6,11-12H,7-10H2,1-4H3,(H,16,19)(H,17,18)/t11-,12-/m0/s1. The van der Waals surface area contributed by atoms with Crippen LogP contribution in [0.4, 0.5) is 4.79 Å². The van der Waals surface area contributed by atoms with E-state index in [0.29, 0.717) is 0 Å². The molecule has 0 aromatic rings. The van der Waals surface area contributed by atoms with Crippen LogP contribution in [-0.4, -0.2) is 29.7 Å². The highest BCUT2D eigenvalue weighted by molar-refractivity contribution is 5.78. The summed E-state index contributed by atoms with van der Waals surface area (Å²) in [5, 5.41) is 5.66. The zero-order valence-corrected chi connectivity index (χ0v) is 12.9. The molecule has 5 nitrogen and oxygen atoms in total. The number of allylic oxidation sites excluding steroid dienone is 1. The molecule has 0 saturated heterocycles. The van der Waals surface area contributed by atoms with E-state index in [1.54, 1.807) is 27.7 Å². The van der Waals surface area contributed by atoms with E-state index in [1.807, 2.05) is 0 Å². The van der Waals surface area contributed by atoms with Crippen molar-refractivity contribution in [3.05, 3.63) is 12.2 Å². The summed E-state index contributed by atoms with van der Waals surface area (Å²) in [5.41, 5.74) is -0.527. The van der Waals surface area contributed by atoms with E-state index < -0.39 is 11.7 Å². The second-order valence-electron chi connectivity index (χ2n) is 6.30. The molecule has 0 unspecified atom stereocenters. The largest absolute Gasteiger partial charge is 0.444 e. The second kappa shape index (κ2) is 7.31. The lowest BCUT2D eigenvalue weighted by Gasteiger charge is -2.23. The predicted octanol–water partition coefficient (Wildman–Crippen LogP) is 2.51. The molecule has 20 heavy (non-hydrogen) atoms. The molecule has 114 valence electrons. The van der Waals surface area contributed by atoms with Crippen molar-refractivity contribution in [1.82, 2.24) is 10.6 Å². The van der Waals surface area contributed by atoms with Gasteiger partial charge in [0.2, 0.25) is 5.91 Å². The maximum atomic E-state index is 11.9. The van der Waals surface area contributed by atoms with Gasteiger partial charge in [0.05, 0.1) is 0 Å². The molecular formula is C15H26N2O3. The lowest BCUT2D eigenvalue weighted by Crippen LogP contribution is -2.42. The van der Waals surface area contributed by atoms with Crippen LogP contribution in [0.5, 0.6) is 0 Å². The van der Waals surface area contributed by atoms with Crippen molar-refractivity contribution in [2.45, 2.75) is 71.1 Å². The number of alkyl carbamates (subject to hydrolysis) is 1. The number of amides is 2. The number of rotatable bonds is 4. The molecule has 2 atom stereocenters. The number of nitrogens with one attached hydrogen (secondary N) is 2. The van der Waals surface area contributed by atoms with E-state index in [2.05, 4.69) is 22.8 Å². The first kappa shape index (κ1) is 16.5. The van der Waals surface area contributed by atoms with Crippen molar-refractivity contribution >= 4 is 12.0 Å². The van der Waals surface area contributed by atoms with Gasteiger partial charge in [-0.05, 0) is 47.0 Å². The van der Waals surface area contributed by atoms with Gasteiger partial charge in [0.1, 0.15) is 5.60 Å². The quantitative estimate of drug-likeness (QED) is 0.779. The molecule has 0 heterocycles. The highest BCUT2D eigenvalue weighted by Gasteiger charge is 2.20. The highest BCUT2D eigenvalue weighted by atomic mass is 16.6. The molecule has 0 radical (unpaired) electrons. The molecule has 1 rings (SSSR count). The summed E-state index contributed by atoms with van der Waals surface area (Å²) in [4.78, 5) is 23.4. The number of ether oxygens (including phenoxy) is 1. The number of hydrogen-bond acceptors (Lipinski definition) is 3. The van der Waals surface area contributed by atoms with Crippen LogP contribution >= 0.6 is 0 Å². The van der Waals surface area contributed by atoms with Crippen molar-refractivity contribution in [2.75, 3.05) is 0 Å². The molecule has 0 aromatic heterocycles. The number of carbonyl (C=O) groups excluding carboxylic acids is 2. The Hall–Kier alpha value is -1.52. The molecular weight excluding hydrogens is 256 g/mol. The third-order valence-corrected chi connectivity index (χ3v) is 2.89. The Labute approximate surface area is 121 Å². The number of carbonyl (C=O) groups is 2. The Bertz CT molecular complexity index is 372. The predicted molar refractivity (Wildman–Crippen MR) is 78.4 cm³/mol. The molecule has 0 bridgehead atoms. The van der Waals surface area contributed by atoms with Crippen molar-refractivity contribution in [1.29, 1.82) is 0 Å². The molecule has 0 saturated carbocycles. The Balaban J connectivity index is 2.27. The van der Waals surface area contributed by atoms with Gasteiger partial charge >= 0.3 is 6.09 Å². The van der Waals surface area contributed by atoms with Crippen LogP contribution in [0, 0.1) is 0 Å². The van der Waals surface area contributed by atoms with Crippen LogP contribution in [0.2, 0.25) is 0 Å². The van der Waals surface area contributed by atoms with E-state index in [9.17, 15) is 9.59 Å². The first-order valence-electron chi connectivity index (χ1n) is 7.20. The van der Waals surface area contributed by atoms with Crippen LogP contribution in [0.3, 0.4) is 0 Å². The maximum absolute atomic E-state index is 11.9. The fraction of sp³-hybridized carbons (Fsp3) is 0.733. The first-order valence-corrected chi connectivity index (χ1v) is 7.20. The molecule has 1 aliphatic carbocycles. The summed E-state index contributed by atoms with van der Waals surface area (Å²) < 4.78 is 5.15. The Kier molecular flexibility index (Phi) is 6.05. The second-order valence-corrected chi connectivity index (χ2v) is 6.30. The van der Waals surface area contributed by atoms with Gasteiger partial charge in [0.25, 0.3) is 0 Å². The molecule has 2 amide bonds. The summed E-state index contributed by atoms with van der Waals surface area (Å²) >= 11 is 0. The summed E-state index contributed by atoms with van der Waals surface area (Å²) in [5.74, 6) is -0.0335. The molecule has 2 N–H and O–H groups in total. The van der Waals surface area contributed by atoms with E-state index in [4.69, 9.17) is 4.74 Å². The molecule has 5 heteroatoms. The average Bonchev–Trinajstić information content (AvgIpc) is 2.26. The van der Waals surface area contributed by atoms with Crippen molar-refractivity contribution in [2.24, 2.45) is 0 Å². The van der Waals surface area contributed by atoms with Gasteiger partial charge in [0, 0.05) is 18.5 Å². The van der Waals surface area contributed by atoms with Crippen LogP contribution < -0.4 is 10.6 Å². The Morgan fingerprint density at radius 3 is 2.60 bits per heavy atom. The van der Waals surface area contributed by atoms with Gasteiger partial charge in [-0.1, -0.05) is 12.2 Å². The molecule has 0 aromatic carbocycles. The fourth-order valence-corrected chi connectivity index (χ4v) is 2.05. The zero-order chi connectivity index (χ0) is 15.2. The van der Waals surface area contributed by atoms with Gasteiger partial charge in [-0.2, -0.15) is 0 Å². The molecule has 0 aliphatic heterocycles. The summed E-state index contributed by atoms with van der Waals surface area (Å²) in [7, 11) is 0. The minimum atomic E-state index is -0.527. The van der Waals surface area contributed by atoms with E-state index in [1.165, 1.54) is 0 Å². The first-order chi connectivity index (χ1) is 9.26. The van der Waals surface area contributed by atoms with Crippen molar-refractivity contribution in [3.63, 3.8) is 0 Å². The van der Waals surface area contributed by atoms with Gasteiger partial charge in [0.15, 0.2) is 0 Å². The van der Waals surface area contributed by atoms with Gasteiger partial charge < -0.3 is 15.4 Å². The van der Waals surface area contributed by atoms with Gasteiger partial charge in [-0.15, -0.1) is 0 Å². The third kappa shape index (κ3) is 7.16. The smallest absolute Gasteiger partial charge is 0.407 e.